The second kappa shape index (κ2) is 7.48. The third-order valence-corrected chi connectivity index (χ3v) is 6.76. The van der Waals surface area contributed by atoms with Crippen LogP contribution in [0.5, 0.6) is 0 Å². The van der Waals surface area contributed by atoms with Crippen molar-refractivity contribution >= 4 is 43.4 Å². The van der Waals surface area contributed by atoms with E-state index in [9.17, 15) is 4.79 Å². The van der Waals surface area contributed by atoms with E-state index in [4.69, 9.17) is 16.6 Å². The topological polar surface area (TPSA) is 63.9 Å². The van der Waals surface area contributed by atoms with Crippen LogP contribution in [0.3, 0.4) is 0 Å². The summed E-state index contributed by atoms with van der Waals surface area (Å²) in [6.07, 6.45) is 4.16. The van der Waals surface area contributed by atoms with Crippen LogP contribution in [0.15, 0.2) is 35.4 Å². The summed E-state index contributed by atoms with van der Waals surface area (Å²) in [6.45, 7) is 5.73. The Balaban J connectivity index is 1.57. The third-order valence-electron chi connectivity index (χ3n) is 5.45. The van der Waals surface area contributed by atoms with Gasteiger partial charge in [0.2, 0.25) is 0 Å². The lowest BCUT2D eigenvalue weighted by molar-refractivity contribution is 0.320. The van der Waals surface area contributed by atoms with Gasteiger partial charge in [0.1, 0.15) is 9.53 Å². The number of hydrogen-bond acceptors (Lipinski definition) is 6. The molecule has 0 amide bonds. The van der Waals surface area contributed by atoms with Crippen LogP contribution in [0.4, 0.5) is 0 Å². The first kappa shape index (κ1) is 18.7. The molecule has 0 N–H and O–H groups in total. The average Bonchev–Trinajstić information content (AvgIpc) is 3.36. The fraction of sp³-hybridized carbons (Fsp3) is 0.333. The zero-order valence-corrected chi connectivity index (χ0v) is 17.6. The van der Waals surface area contributed by atoms with Gasteiger partial charge in [0.15, 0.2) is 5.82 Å². The molecule has 0 radical (unpaired) electrons. The van der Waals surface area contributed by atoms with Crippen molar-refractivity contribution < 1.29 is 0 Å². The lowest BCUT2D eigenvalue weighted by Gasteiger charge is -2.14. The molecular formula is C21H20ClN5OS. The van der Waals surface area contributed by atoms with Crippen molar-refractivity contribution in [1.82, 2.24) is 24.4 Å². The summed E-state index contributed by atoms with van der Waals surface area (Å²) in [5, 5.41) is 1.54. The second-order valence-corrected chi connectivity index (χ2v) is 8.83. The quantitative estimate of drug-likeness (QED) is 0.492. The van der Waals surface area contributed by atoms with Crippen LogP contribution in [0.1, 0.15) is 18.5 Å². The van der Waals surface area contributed by atoms with Gasteiger partial charge in [-0.15, -0.1) is 11.3 Å². The zero-order valence-electron chi connectivity index (χ0n) is 16.1. The smallest absolute Gasteiger partial charge is 0.271 e. The van der Waals surface area contributed by atoms with Gasteiger partial charge in [-0.2, -0.15) is 0 Å². The van der Waals surface area contributed by atoms with Crippen molar-refractivity contribution in [2.45, 2.75) is 26.3 Å². The Labute approximate surface area is 176 Å². The van der Waals surface area contributed by atoms with E-state index < -0.39 is 0 Å². The average molecular weight is 426 g/mol. The van der Waals surface area contributed by atoms with Crippen LogP contribution in [-0.4, -0.2) is 44.1 Å². The molecule has 29 heavy (non-hydrogen) atoms. The molecule has 1 saturated heterocycles. The highest BCUT2D eigenvalue weighted by Gasteiger charge is 2.18. The van der Waals surface area contributed by atoms with E-state index in [0.717, 1.165) is 41.1 Å². The molecule has 6 nitrogen and oxygen atoms in total. The zero-order chi connectivity index (χ0) is 20.0. The number of rotatable bonds is 4. The van der Waals surface area contributed by atoms with Gasteiger partial charge in [-0.05, 0) is 57.1 Å². The van der Waals surface area contributed by atoms with E-state index in [1.54, 1.807) is 10.9 Å². The van der Waals surface area contributed by atoms with Crippen molar-refractivity contribution in [3.05, 3.63) is 51.7 Å². The Morgan fingerprint density at radius 1 is 1.10 bits per heavy atom. The van der Waals surface area contributed by atoms with Crippen LogP contribution in [0.2, 0.25) is 5.02 Å². The first-order chi connectivity index (χ1) is 14.1. The van der Waals surface area contributed by atoms with Gasteiger partial charge >= 0.3 is 0 Å². The summed E-state index contributed by atoms with van der Waals surface area (Å²) in [6, 6.07) is 7.45. The van der Waals surface area contributed by atoms with E-state index >= 15 is 0 Å². The number of fused-ring (bicyclic) bond motifs is 3. The van der Waals surface area contributed by atoms with E-state index in [0.29, 0.717) is 27.6 Å². The Morgan fingerprint density at radius 2 is 1.86 bits per heavy atom. The van der Waals surface area contributed by atoms with Crippen LogP contribution >= 0.6 is 22.9 Å². The summed E-state index contributed by atoms with van der Waals surface area (Å²) in [4.78, 5) is 30.2. The highest BCUT2D eigenvalue weighted by molar-refractivity contribution is 7.25. The summed E-state index contributed by atoms with van der Waals surface area (Å²) < 4.78 is 2.37. The van der Waals surface area contributed by atoms with Crippen molar-refractivity contribution in [2.75, 3.05) is 19.6 Å². The maximum atomic E-state index is 13.1. The van der Waals surface area contributed by atoms with Gasteiger partial charge in [0.25, 0.3) is 5.56 Å². The van der Waals surface area contributed by atoms with Crippen LogP contribution < -0.4 is 5.56 Å². The largest absolute Gasteiger partial charge is 0.302 e. The molecule has 0 saturated carbocycles. The molecule has 148 valence electrons. The molecule has 0 bridgehead atoms. The molecule has 8 heteroatoms. The normalized spacial score (nSPS) is 15.0. The Hall–Kier alpha value is -2.35. The van der Waals surface area contributed by atoms with Gasteiger partial charge < -0.3 is 4.90 Å². The van der Waals surface area contributed by atoms with Gasteiger partial charge in [-0.25, -0.2) is 15.0 Å². The fourth-order valence-electron chi connectivity index (χ4n) is 3.87. The van der Waals surface area contributed by atoms with Crippen molar-refractivity contribution in [3.63, 3.8) is 0 Å². The van der Waals surface area contributed by atoms with Gasteiger partial charge in [0, 0.05) is 23.7 Å². The van der Waals surface area contributed by atoms with Crippen molar-refractivity contribution in [2.24, 2.45) is 0 Å². The number of aromatic nitrogens is 4. The molecule has 1 aromatic carbocycles. The van der Waals surface area contributed by atoms with Crippen LogP contribution in [0.25, 0.3) is 31.8 Å². The number of likely N-dealkylation sites (tertiary alicyclic amines) is 1. The maximum Gasteiger partial charge on any atom is 0.271 e. The second-order valence-electron chi connectivity index (χ2n) is 7.39. The third kappa shape index (κ3) is 3.43. The van der Waals surface area contributed by atoms with E-state index in [-0.39, 0.29) is 5.56 Å². The minimum atomic E-state index is 0.00430. The predicted octanol–water partition coefficient (Wildman–Crippen LogP) is 4.13. The summed E-state index contributed by atoms with van der Waals surface area (Å²) in [5.41, 5.74) is 2.43. The molecule has 0 unspecified atom stereocenters. The summed E-state index contributed by atoms with van der Waals surface area (Å²) in [5.74, 6) is 0.632. The number of nitrogens with zero attached hydrogens (tertiary/aromatic N) is 5. The van der Waals surface area contributed by atoms with Crippen LogP contribution in [0, 0.1) is 6.92 Å². The molecule has 4 aromatic rings. The SMILES string of the molecule is Cc1nc(-c2ccc(Cl)cc2)nc2sc3c(=O)n(CCN4CCCC4)cnc3c12. The highest BCUT2D eigenvalue weighted by Crippen LogP contribution is 2.32. The molecule has 4 heterocycles. The van der Waals surface area contributed by atoms with Gasteiger partial charge in [-0.1, -0.05) is 11.6 Å². The van der Waals surface area contributed by atoms with Gasteiger partial charge in [-0.3, -0.25) is 9.36 Å². The number of hydrogen-bond donors (Lipinski definition) is 0. The minimum Gasteiger partial charge on any atom is -0.302 e. The van der Waals surface area contributed by atoms with Gasteiger partial charge in [0.05, 0.1) is 22.9 Å². The molecule has 1 aliphatic rings. The Morgan fingerprint density at radius 3 is 2.62 bits per heavy atom. The highest BCUT2D eigenvalue weighted by atomic mass is 35.5. The monoisotopic (exact) mass is 425 g/mol. The summed E-state index contributed by atoms with van der Waals surface area (Å²) in [7, 11) is 0. The predicted molar refractivity (Wildman–Crippen MR) is 118 cm³/mol. The lowest BCUT2D eigenvalue weighted by Crippen LogP contribution is -2.29. The Kier molecular flexibility index (Phi) is 4.81. The summed E-state index contributed by atoms with van der Waals surface area (Å²) >= 11 is 7.39. The molecule has 3 aromatic heterocycles. The molecule has 0 spiro atoms. The molecular weight excluding hydrogens is 406 g/mol. The number of aryl methyl sites for hydroxylation is 1. The first-order valence-corrected chi connectivity index (χ1v) is 10.9. The molecule has 5 rings (SSSR count). The number of halogens is 1. The number of benzene rings is 1. The van der Waals surface area contributed by atoms with Crippen molar-refractivity contribution in [3.8, 4) is 11.4 Å². The molecule has 0 atom stereocenters. The molecule has 0 aliphatic carbocycles. The van der Waals surface area contributed by atoms with E-state index in [2.05, 4.69) is 14.9 Å². The lowest BCUT2D eigenvalue weighted by atomic mass is 10.2. The fourth-order valence-corrected chi connectivity index (χ4v) is 5.13. The van der Waals surface area contributed by atoms with Crippen LogP contribution in [-0.2, 0) is 6.54 Å². The van der Waals surface area contributed by atoms with E-state index in [1.165, 1.54) is 24.2 Å². The molecule has 1 fully saturated rings. The maximum absolute atomic E-state index is 13.1. The minimum absolute atomic E-state index is 0.00430. The Bertz CT molecular complexity index is 1260. The van der Waals surface area contributed by atoms with Crippen molar-refractivity contribution in [1.29, 1.82) is 0 Å². The molecule has 1 aliphatic heterocycles. The number of thiophene rings is 1. The van der Waals surface area contributed by atoms with E-state index in [1.807, 2.05) is 31.2 Å². The first-order valence-electron chi connectivity index (χ1n) is 9.75. The standard InChI is InChI=1S/C21H20ClN5OS/c1-13-16-17-18(21(28)27(12-23-17)11-10-26-8-2-3-9-26)29-20(16)25-19(24-13)14-4-6-15(22)7-5-14/h4-7,12H,2-3,8-11H2,1H3.